The molecule has 154 valence electrons. The number of hydrogen-bond donors (Lipinski definition) is 1. The largest absolute Gasteiger partial charge is 0.291 e. The van der Waals surface area contributed by atoms with Crippen LogP contribution in [-0.2, 0) is 10.0 Å². The Kier molecular flexibility index (Phi) is 4.26. The van der Waals surface area contributed by atoms with E-state index in [4.69, 9.17) is 11.6 Å². The average Bonchev–Trinajstić information content (AvgIpc) is 3.51. The van der Waals surface area contributed by atoms with Crippen LogP contribution in [0.1, 0.15) is 55.7 Å². The third-order valence-corrected chi connectivity index (χ3v) is 8.01. The molecule has 0 radical (unpaired) electrons. The van der Waals surface area contributed by atoms with Crippen LogP contribution in [0.5, 0.6) is 0 Å². The van der Waals surface area contributed by atoms with E-state index in [1.807, 2.05) is 6.92 Å². The standard InChI is InChI=1S/C17H16ClF2N5O2S2/c1-17(4-5-17)24-29(26,27)9-6-10(18)12-11(7-9)25(23-13(12)8-2-3-8)16-22-21-15(28-16)14(19)20/h6-8,14,24H,2-5H2,1H3. The molecule has 0 amide bonds. The fourth-order valence-corrected chi connectivity index (χ4v) is 5.77. The number of sulfonamides is 1. The summed E-state index contributed by atoms with van der Waals surface area (Å²) in [4.78, 5) is 0.00483. The Labute approximate surface area is 174 Å². The van der Waals surface area contributed by atoms with Gasteiger partial charge in [0.1, 0.15) is 0 Å². The second kappa shape index (κ2) is 6.40. The lowest BCUT2D eigenvalue weighted by Crippen LogP contribution is -2.34. The van der Waals surface area contributed by atoms with Gasteiger partial charge >= 0.3 is 0 Å². The molecule has 2 aliphatic rings. The summed E-state index contributed by atoms with van der Waals surface area (Å²) in [6.45, 7) is 1.84. The molecule has 1 aromatic carbocycles. The van der Waals surface area contributed by atoms with Crippen LogP contribution in [0.25, 0.3) is 16.0 Å². The molecule has 2 heterocycles. The third-order valence-electron chi connectivity index (χ3n) is 5.19. The molecule has 1 N–H and O–H groups in total. The molecule has 0 spiro atoms. The van der Waals surface area contributed by atoms with Crippen molar-refractivity contribution in [1.29, 1.82) is 0 Å². The fraction of sp³-hybridized carbons (Fsp3) is 0.471. The van der Waals surface area contributed by atoms with Gasteiger partial charge in [-0.25, -0.2) is 26.6 Å². The molecular formula is C17H16ClF2N5O2S2. The molecule has 2 fully saturated rings. The van der Waals surface area contributed by atoms with Gasteiger partial charge in [0.2, 0.25) is 15.2 Å². The Morgan fingerprint density at radius 2 is 2.03 bits per heavy atom. The van der Waals surface area contributed by atoms with Crippen molar-refractivity contribution in [1.82, 2.24) is 24.7 Å². The number of nitrogens with zero attached hydrogens (tertiary/aromatic N) is 4. The lowest BCUT2D eigenvalue weighted by Gasteiger charge is -2.13. The predicted molar refractivity (Wildman–Crippen MR) is 104 cm³/mol. The minimum Gasteiger partial charge on any atom is -0.207 e. The molecule has 0 unspecified atom stereocenters. The summed E-state index contributed by atoms with van der Waals surface area (Å²) in [5, 5.41) is 12.5. The molecule has 2 saturated carbocycles. The Morgan fingerprint density at radius 3 is 2.62 bits per heavy atom. The molecule has 29 heavy (non-hydrogen) atoms. The van der Waals surface area contributed by atoms with E-state index in [0.29, 0.717) is 22.2 Å². The van der Waals surface area contributed by atoms with E-state index in [1.165, 1.54) is 16.8 Å². The molecule has 0 saturated heterocycles. The van der Waals surface area contributed by atoms with Gasteiger partial charge in [-0.2, -0.15) is 5.10 Å². The second-order valence-electron chi connectivity index (χ2n) is 7.76. The van der Waals surface area contributed by atoms with Crippen molar-refractivity contribution in [2.24, 2.45) is 0 Å². The number of fused-ring (bicyclic) bond motifs is 1. The van der Waals surface area contributed by atoms with Gasteiger partial charge in [0, 0.05) is 16.8 Å². The summed E-state index contributed by atoms with van der Waals surface area (Å²) in [7, 11) is -3.80. The number of benzene rings is 1. The van der Waals surface area contributed by atoms with E-state index in [0.717, 1.165) is 31.4 Å². The lowest BCUT2D eigenvalue weighted by molar-refractivity contribution is 0.150. The highest BCUT2D eigenvalue weighted by molar-refractivity contribution is 7.89. The van der Waals surface area contributed by atoms with Crippen molar-refractivity contribution in [3.63, 3.8) is 0 Å². The maximum atomic E-state index is 13.0. The summed E-state index contributed by atoms with van der Waals surface area (Å²) in [6, 6.07) is 2.89. The zero-order chi connectivity index (χ0) is 20.6. The van der Waals surface area contributed by atoms with E-state index < -0.39 is 27.0 Å². The van der Waals surface area contributed by atoms with Crippen molar-refractivity contribution >= 4 is 43.9 Å². The smallest absolute Gasteiger partial charge is 0.207 e. The van der Waals surface area contributed by atoms with Crippen LogP contribution in [0, 0.1) is 0 Å². The Balaban J connectivity index is 1.69. The van der Waals surface area contributed by atoms with Gasteiger partial charge in [0.15, 0.2) is 5.01 Å². The monoisotopic (exact) mass is 459 g/mol. The van der Waals surface area contributed by atoms with Crippen LogP contribution < -0.4 is 4.72 Å². The van der Waals surface area contributed by atoms with Crippen LogP contribution in [-0.4, -0.2) is 33.9 Å². The summed E-state index contributed by atoms with van der Waals surface area (Å²) in [6.07, 6.45) is 0.691. The van der Waals surface area contributed by atoms with Gasteiger partial charge in [0.05, 0.1) is 21.1 Å². The maximum absolute atomic E-state index is 13.0. The fourth-order valence-electron chi connectivity index (χ4n) is 3.22. The highest BCUT2D eigenvalue weighted by atomic mass is 35.5. The first-order chi connectivity index (χ1) is 13.7. The van der Waals surface area contributed by atoms with Crippen LogP contribution in [0.3, 0.4) is 0 Å². The van der Waals surface area contributed by atoms with Crippen molar-refractivity contribution in [2.75, 3.05) is 0 Å². The van der Waals surface area contributed by atoms with Crippen molar-refractivity contribution < 1.29 is 17.2 Å². The van der Waals surface area contributed by atoms with Crippen LogP contribution in [0.15, 0.2) is 17.0 Å². The molecule has 7 nitrogen and oxygen atoms in total. The van der Waals surface area contributed by atoms with Crippen LogP contribution in [0.2, 0.25) is 5.02 Å². The number of halogens is 3. The Bertz CT molecular complexity index is 1230. The normalized spacial score (nSPS) is 18.7. The number of alkyl halides is 2. The topological polar surface area (TPSA) is 89.8 Å². The number of aromatic nitrogens is 4. The summed E-state index contributed by atoms with van der Waals surface area (Å²) >= 11 is 7.20. The highest BCUT2D eigenvalue weighted by Crippen LogP contribution is 2.45. The van der Waals surface area contributed by atoms with Gasteiger partial charge in [-0.15, -0.1) is 10.2 Å². The second-order valence-corrected chi connectivity index (χ2v) is 10.8. The van der Waals surface area contributed by atoms with Gasteiger partial charge in [-0.3, -0.25) is 0 Å². The molecular weight excluding hydrogens is 444 g/mol. The lowest BCUT2D eigenvalue weighted by atomic mass is 10.1. The first kappa shape index (κ1) is 19.3. The highest BCUT2D eigenvalue weighted by Gasteiger charge is 2.41. The van der Waals surface area contributed by atoms with Crippen molar-refractivity contribution in [3.05, 3.63) is 27.9 Å². The molecule has 0 aliphatic heterocycles. The number of rotatable bonds is 6. The average molecular weight is 460 g/mol. The predicted octanol–water partition coefficient (Wildman–Crippen LogP) is 4.18. The van der Waals surface area contributed by atoms with E-state index in [2.05, 4.69) is 20.0 Å². The summed E-state index contributed by atoms with van der Waals surface area (Å²) < 4.78 is 55.7. The van der Waals surface area contributed by atoms with Crippen molar-refractivity contribution in [3.8, 4) is 5.13 Å². The van der Waals surface area contributed by atoms with Crippen LogP contribution >= 0.6 is 22.9 Å². The van der Waals surface area contributed by atoms with E-state index >= 15 is 0 Å². The van der Waals surface area contributed by atoms with Crippen LogP contribution in [0.4, 0.5) is 8.78 Å². The molecule has 2 aliphatic carbocycles. The van der Waals surface area contributed by atoms with Gasteiger partial charge in [-0.05, 0) is 44.7 Å². The summed E-state index contributed by atoms with van der Waals surface area (Å²) in [5.41, 5.74) is 0.702. The zero-order valence-electron chi connectivity index (χ0n) is 15.2. The van der Waals surface area contributed by atoms with Gasteiger partial charge < -0.3 is 0 Å². The SMILES string of the molecule is CC1(NS(=O)(=O)c2cc(Cl)c3c(C4CC4)nn(-c4nnc(C(F)F)s4)c3c2)CC1. The molecule has 3 aromatic rings. The Morgan fingerprint density at radius 1 is 1.31 bits per heavy atom. The van der Waals surface area contributed by atoms with Crippen molar-refractivity contribution in [2.45, 2.75) is 55.4 Å². The first-order valence-corrected chi connectivity index (χ1v) is 11.7. The zero-order valence-corrected chi connectivity index (χ0v) is 17.6. The van der Waals surface area contributed by atoms with E-state index in [1.54, 1.807) is 0 Å². The molecule has 5 rings (SSSR count). The first-order valence-electron chi connectivity index (χ1n) is 9.05. The van der Waals surface area contributed by atoms with E-state index in [9.17, 15) is 17.2 Å². The molecule has 0 bridgehead atoms. The number of hydrogen-bond acceptors (Lipinski definition) is 6. The summed E-state index contributed by atoms with van der Waals surface area (Å²) in [5.74, 6) is 0.213. The molecule has 0 atom stereocenters. The minimum atomic E-state index is -3.80. The maximum Gasteiger partial charge on any atom is 0.291 e. The third kappa shape index (κ3) is 3.43. The molecule has 2 aromatic heterocycles. The van der Waals surface area contributed by atoms with Gasteiger partial charge in [-0.1, -0.05) is 22.9 Å². The quantitative estimate of drug-likeness (QED) is 0.597. The minimum absolute atomic E-state index is 0.00483. The van der Waals surface area contributed by atoms with Gasteiger partial charge in [0.25, 0.3) is 6.43 Å². The number of nitrogens with one attached hydrogen (secondary N) is 1. The van der Waals surface area contributed by atoms with E-state index in [-0.39, 0.29) is 21.0 Å². The Hall–Kier alpha value is -1.69. The molecule has 12 heteroatoms.